The minimum absolute atomic E-state index is 0.00930. The van der Waals surface area contributed by atoms with Crippen LogP contribution in [0.25, 0.3) is 5.65 Å². The second-order valence-corrected chi connectivity index (χ2v) is 11.0. The number of aromatic nitrogens is 4. The lowest BCUT2D eigenvalue weighted by Crippen LogP contribution is -2.28. The van der Waals surface area contributed by atoms with E-state index >= 15 is 0 Å². The Kier molecular flexibility index (Phi) is 6.01. The van der Waals surface area contributed by atoms with Gasteiger partial charge in [-0.25, -0.2) is 13.8 Å². The van der Waals surface area contributed by atoms with Gasteiger partial charge in [0.2, 0.25) is 5.92 Å². The summed E-state index contributed by atoms with van der Waals surface area (Å²) < 4.78 is 37.2. The Labute approximate surface area is 213 Å². The van der Waals surface area contributed by atoms with E-state index in [1.54, 1.807) is 19.9 Å². The molecule has 0 spiro atoms. The average Bonchev–Trinajstić information content (AvgIpc) is 3.73. The van der Waals surface area contributed by atoms with E-state index in [2.05, 4.69) is 0 Å². The highest BCUT2D eigenvalue weighted by atomic mass is 19.3. The largest absolute Gasteiger partial charge is 0.373 e. The van der Waals surface area contributed by atoms with Crippen molar-refractivity contribution in [2.75, 3.05) is 6.61 Å². The number of rotatable bonds is 4. The van der Waals surface area contributed by atoms with Gasteiger partial charge in [-0.1, -0.05) is 0 Å². The fourth-order valence-corrected chi connectivity index (χ4v) is 5.85. The van der Waals surface area contributed by atoms with E-state index < -0.39 is 5.92 Å². The molecule has 1 aliphatic heterocycles. The van der Waals surface area contributed by atoms with E-state index in [1.807, 2.05) is 22.9 Å². The monoisotopic (exact) mass is 510 g/mol. The van der Waals surface area contributed by atoms with E-state index in [0.717, 1.165) is 36.1 Å². The van der Waals surface area contributed by atoms with Crippen LogP contribution in [0.3, 0.4) is 0 Å². The second-order valence-electron chi connectivity index (χ2n) is 11.0. The first-order valence-electron chi connectivity index (χ1n) is 13.3. The number of fused-ring (bicyclic) bond motifs is 1. The Morgan fingerprint density at radius 1 is 1.03 bits per heavy atom. The molecule has 0 aromatic carbocycles. The summed E-state index contributed by atoms with van der Waals surface area (Å²) in [5.41, 5.74) is 4.03. The van der Waals surface area contributed by atoms with Gasteiger partial charge in [0.1, 0.15) is 0 Å². The van der Waals surface area contributed by atoms with Crippen LogP contribution in [0.4, 0.5) is 8.78 Å². The summed E-state index contributed by atoms with van der Waals surface area (Å²) in [7, 11) is 0. The standard InChI is InChI=1S/C28H32F2N4O3/c1-16-17(2)31-26-22(18-7-10-28(29,30)11-8-18)14-23(32-34(26)27(16)36)19-9-12-37-24(13-19)20-3-6-25(35)33(15-20)21-4-5-21/h3,6,14-15,18-19,21,24H,4-5,7-13H2,1-2H3/t19-,24+/m0/s1. The SMILES string of the molecule is Cc1nc2c(C3CCC(F)(F)CC3)cc([C@H]3CCO[C@@H](c4ccc(=O)n(C5CC5)c4)C3)nn2c(=O)c1C. The molecule has 0 unspecified atom stereocenters. The van der Waals surface area contributed by atoms with Crippen molar-refractivity contribution in [2.24, 2.45) is 0 Å². The smallest absolute Gasteiger partial charge is 0.277 e. The van der Waals surface area contributed by atoms with Crippen LogP contribution in [0, 0.1) is 13.8 Å². The molecule has 3 aromatic rings. The minimum Gasteiger partial charge on any atom is -0.373 e. The fraction of sp³-hybridized carbons (Fsp3) is 0.571. The van der Waals surface area contributed by atoms with Gasteiger partial charge in [0.25, 0.3) is 11.1 Å². The summed E-state index contributed by atoms with van der Waals surface area (Å²) in [5, 5.41) is 4.77. The zero-order chi connectivity index (χ0) is 25.9. The van der Waals surface area contributed by atoms with Crippen LogP contribution in [0.1, 0.15) is 103 Å². The first-order valence-corrected chi connectivity index (χ1v) is 13.3. The molecule has 3 fully saturated rings. The maximum atomic E-state index is 14.0. The van der Waals surface area contributed by atoms with Crippen LogP contribution in [0.2, 0.25) is 0 Å². The molecule has 196 valence electrons. The number of ether oxygens (including phenoxy) is 1. The van der Waals surface area contributed by atoms with Crippen molar-refractivity contribution in [3.63, 3.8) is 0 Å². The van der Waals surface area contributed by atoms with Crippen molar-refractivity contribution in [1.29, 1.82) is 0 Å². The van der Waals surface area contributed by atoms with Gasteiger partial charge < -0.3 is 9.30 Å². The number of aryl methyl sites for hydroxylation is 1. The van der Waals surface area contributed by atoms with E-state index in [0.29, 0.717) is 42.8 Å². The molecule has 0 amide bonds. The molecule has 6 rings (SSSR count). The van der Waals surface area contributed by atoms with Crippen molar-refractivity contribution < 1.29 is 13.5 Å². The minimum atomic E-state index is -2.64. The van der Waals surface area contributed by atoms with Gasteiger partial charge in [-0.05, 0) is 76.0 Å². The van der Waals surface area contributed by atoms with Crippen molar-refractivity contribution in [2.45, 2.75) is 95.1 Å². The van der Waals surface area contributed by atoms with Crippen LogP contribution >= 0.6 is 0 Å². The van der Waals surface area contributed by atoms with Gasteiger partial charge in [0, 0.05) is 60.5 Å². The molecule has 3 aromatic heterocycles. The number of halogens is 2. The zero-order valence-corrected chi connectivity index (χ0v) is 21.3. The van der Waals surface area contributed by atoms with E-state index in [1.165, 1.54) is 4.52 Å². The highest BCUT2D eigenvalue weighted by molar-refractivity contribution is 5.51. The van der Waals surface area contributed by atoms with Gasteiger partial charge >= 0.3 is 0 Å². The molecule has 2 aliphatic carbocycles. The molecule has 2 atom stereocenters. The molecular weight excluding hydrogens is 478 g/mol. The summed E-state index contributed by atoms with van der Waals surface area (Å²) in [5.74, 6) is -2.70. The summed E-state index contributed by atoms with van der Waals surface area (Å²) >= 11 is 0. The van der Waals surface area contributed by atoms with E-state index in [-0.39, 0.29) is 47.9 Å². The van der Waals surface area contributed by atoms with Crippen LogP contribution < -0.4 is 11.1 Å². The molecule has 9 heteroatoms. The van der Waals surface area contributed by atoms with Gasteiger partial charge in [-0.2, -0.15) is 9.61 Å². The third-order valence-electron chi connectivity index (χ3n) is 8.44. The predicted octanol–water partition coefficient (Wildman–Crippen LogP) is 5.13. The first-order chi connectivity index (χ1) is 17.7. The Hall–Kier alpha value is -2.94. The average molecular weight is 511 g/mol. The maximum absolute atomic E-state index is 14.0. The molecule has 4 heterocycles. The summed E-state index contributed by atoms with van der Waals surface area (Å²) in [6.45, 7) is 4.07. The highest BCUT2D eigenvalue weighted by Crippen LogP contribution is 2.43. The number of nitrogens with zero attached hydrogens (tertiary/aromatic N) is 4. The molecule has 2 saturated carbocycles. The number of pyridine rings is 1. The molecule has 0 bridgehead atoms. The fourth-order valence-electron chi connectivity index (χ4n) is 5.85. The molecule has 0 radical (unpaired) electrons. The molecule has 37 heavy (non-hydrogen) atoms. The lowest BCUT2D eigenvalue weighted by Gasteiger charge is -2.32. The topological polar surface area (TPSA) is 78.5 Å². The molecule has 1 saturated heterocycles. The summed E-state index contributed by atoms with van der Waals surface area (Å²) in [6, 6.07) is 5.74. The molecule has 0 N–H and O–H groups in total. The summed E-state index contributed by atoms with van der Waals surface area (Å²) in [6.07, 6.45) is 5.58. The number of alkyl halides is 2. The Morgan fingerprint density at radius 3 is 2.51 bits per heavy atom. The lowest BCUT2D eigenvalue weighted by molar-refractivity contribution is -0.0382. The zero-order valence-electron chi connectivity index (χ0n) is 21.3. The van der Waals surface area contributed by atoms with Crippen molar-refractivity contribution in [3.05, 3.63) is 73.2 Å². The van der Waals surface area contributed by atoms with Crippen molar-refractivity contribution in [3.8, 4) is 0 Å². The second kappa shape index (κ2) is 9.11. The lowest BCUT2D eigenvalue weighted by atomic mass is 9.81. The van der Waals surface area contributed by atoms with Crippen molar-refractivity contribution >= 4 is 5.65 Å². The third-order valence-corrected chi connectivity index (χ3v) is 8.44. The van der Waals surface area contributed by atoms with Gasteiger partial charge in [0.15, 0.2) is 5.65 Å². The van der Waals surface area contributed by atoms with Gasteiger partial charge in [-0.3, -0.25) is 9.59 Å². The Bertz CT molecular complexity index is 1470. The van der Waals surface area contributed by atoms with Crippen LogP contribution in [0.15, 0.2) is 34.0 Å². The number of hydrogen-bond acceptors (Lipinski definition) is 5. The van der Waals surface area contributed by atoms with Gasteiger partial charge in [-0.15, -0.1) is 0 Å². The maximum Gasteiger partial charge on any atom is 0.277 e. The quantitative estimate of drug-likeness (QED) is 0.486. The third kappa shape index (κ3) is 4.62. The van der Waals surface area contributed by atoms with Gasteiger partial charge in [0.05, 0.1) is 11.8 Å². The van der Waals surface area contributed by atoms with E-state index in [4.69, 9.17) is 14.8 Å². The molecule has 3 aliphatic rings. The Balaban J connectivity index is 1.38. The number of hydrogen-bond donors (Lipinski definition) is 0. The molecule has 7 nitrogen and oxygen atoms in total. The highest BCUT2D eigenvalue weighted by Gasteiger charge is 2.37. The van der Waals surface area contributed by atoms with E-state index in [9.17, 15) is 18.4 Å². The van der Waals surface area contributed by atoms with Crippen molar-refractivity contribution in [1.82, 2.24) is 19.2 Å². The predicted molar refractivity (Wildman–Crippen MR) is 135 cm³/mol. The van der Waals surface area contributed by atoms with Crippen LogP contribution in [-0.4, -0.2) is 31.7 Å². The normalized spacial score (nSPS) is 24.4. The Morgan fingerprint density at radius 2 is 1.78 bits per heavy atom. The first kappa shape index (κ1) is 24.4. The van der Waals surface area contributed by atoms with Crippen LogP contribution in [0.5, 0.6) is 0 Å². The molecular formula is C28H32F2N4O3. The van der Waals surface area contributed by atoms with Crippen LogP contribution in [-0.2, 0) is 4.74 Å². The summed E-state index contributed by atoms with van der Waals surface area (Å²) in [4.78, 5) is 30.2.